The van der Waals surface area contributed by atoms with Crippen molar-refractivity contribution in [3.63, 3.8) is 0 Å². The van der Waals surface area contributed by atoms with E-state index < -0.39 is 11.6 Å². The first kappa shape index (κ1) is 17.7. The third kappa shape index (κ3) is 3.23. The molecule has 2 aromatic carbocycles. The van der Waals surface area contributed by atoms with Crippen LogP contribution in [0.2, 0.25) is 0 Å². The largest absolute Gasteiger partial charge is 0.497 e. The highest BCUT2D eigenvalue weighted by Gasteiger charge is 2.20. The number of nitrogens with zero attached hydrogens (tertiary/aromatic N) is 3. The molecule has 7 heteroatoms. The van der Waals surface area contributed by atoms with Crippen molar-refractivity contribution in [3.05, 3.63) is 41.5 Å². The summed E-state index contributed by atoms with van der Waals surface area (Å²) in [5.41, 5.74) is 3.39. The average molecular weight is 372 g/mol. The molecule has 0 amide bonds. The predicted molar refractivity (Wildman–Crippen MR) is 102 cm³/mol. The Balaban J connectivity index is 1.76. The number of methoxy groups -OCH3 is 1. The van der Waals surface area contributed by atoms with Gasteiger partial charge >= 0.3 is 0 Å². The van der Waals surface area contributed by atoms with Crippen molar-refractivity contribution < 1.29 is 13.5 Å². The van der Waals surface area contributed by atoms with Crippen molar-refractivity contribution in [1.82, 2.24) is 14.9 Å². The van der Waals surface area contributed by atoms with E-state index in [1.54, 1.807) is 0 Å². The molecule has 1 aliphatic rings. The summed E-state index contributed by atoms with van der Waals surface area (Å²) in [4.78, 5) is 12.2. The first-order valence-electron chi connectivity index (χ1n) is 8.93. The number of benzene rings is 2. The SMILES string of the molecule is COc1cc(F)c(-c2nc3c(C)cc(N4CCN(C)CC4)cc3[nH]2)c(F)c1. The first-order valence-corrected chi connectivity index (χ1v) is 8.93. The first-order chi connectivity index (χ1) is 13.0. The smallest absolute Gasteiger partial charge is 0.144 e. The van der Waals surface area contributed by atoms with E-state index >= 15 is 0 Å². The molecule has 5 nitrogen and oxygen atoms in total. The molecule has 142 valence electrons. The number of likely N-dealkylation sites (N-methyl/N-ethyl adjacent to an activating group) is 1. The number of imidazole rings is 1. The highest BCUT2D eigenvalue weighted by molar-refractivity contribution is 5.86. The number of nitrogens with one attached hydrogen (secondary N) is 1. The number of aryl methyl sites for hydroxylation is 1. The van der Waals surface area contributed by atoms with E-state index in [1.165, 1.54) is 7.11 Å². The number of rotatable bonds is 3. The van der Waals surface area contributed by atoms with Gasteiger partial charge in [-0.25, -0.2) is 13.8 Å². The second kappa shape index (κ2) is 6.81. The summed E-state index contributed by atoms with van der Waals surface area (Å²) in [6.07, 6.45) is 0. The number of hydrogen-bond donors (Lipinski definition) is 1. The molecule has 0 radical (unpaired) electrons. The van der Waals surface area contributed by atoms with Crippen LogP contribution in [0.5, 0.6) is 5.75 Å². The van der Waals surface area contributed by atoms with Gasteiger partial charge in [0.05, 0.1) is 23.7 Å². The van der Waals surface area contributed by atoms with Gasteiger partial charge in [0.15, 0.2) is 0 Å². The maximum Gasteiger partial charge on any atom is 0.144 e. The van der Waals surface area contributed by atoms with E-state index in [0.717, 1.165) is 60.6 Å². The zero-order valence-corrected chi connectivity index (χ0v) is 15.6. The van der Waals surface area contributed by atoms with Crippen molar-refractivity contribution in [3.8, 4) is 17.1 Å². The molecule has 0 spiro atoms. The lowest BCUT2D eigenvalue weighted by atomic mass is 10.1. The van der Waals surface area contributed by atoms with E-state index in [2.05, 4.69) is 32.9 Å². The van der Waals surface area contributed by atoms with Crippen LogP contribution in [0.1, 0.15) is 5.56 Å². The fourth-order valence-electron chi connectivity index (χ4n) is 3.53. The lowest BCUT2D eigenvalue weighted by Crippen LogP contribution is -2.44. The number of fused-ring (bicyclic) bond motifs is 1. The fourth-order valence-corrected chi connectivity index (χ4v) is 3.53. The lowest BCUT2D eigenvalue weighted by molar-refractivity contribution is 0.313. The maximum absolute atomic E-state index is 14.4. The third-order valence-corrected chi connectivity index (χ3v) is 5.12. The van der Waals surface area contributed by atoms with Crippen molar-refractivity contribution in [2.75, 3.05) is 45.2 Å². The van der Waals surface area contributed by atoms with Gasteiger partial charge in [-0.2, -0.15) is 0 Å². The van der Waals surface area contributed by atoms with Gasteiger partial charge in [0.25, 0.3) is 0 Å². The number of aromatic amines is 1. The molecular formula is C20H22F2N4O. The Bertz CT molecular complexity index is 970. The second-order valence-electron chi connectivity index (χ2n) is 7.00. The Morgan fingerprint density at radius 1 is 1.04 bits per heavy atom. The van der Waals surface area contributed by atoms with E-state index in [1.807, 2.05) is 13.0 Å². The zero-order chi connectivity index (χ0) is 19.1. The van der Waals surface area contributed by atoms with Gasteiger partial charge in [0.2, 0.25) is 0 Å². The summed E-state index contributed by atoms with van der Waals surface area (Å²) in [5.74, 6) is -1.09. The second-order valence-corrected chi connectivity index (χ2v) is 7.00. The van der Waals surface area contributed by atoms with Gasteiger partial charge in [-0.15, -0.1) is 0 Å². The molecule has 1 saturated heterocycles. The predicted octanol–water partition coefficient (Wildman–Crippen LogP) is 3.58. The van der Waals surface area contributed by atoms with Crippen LogP contribution < -0.4 is 9.64 Å². The van der Waals surface area contributed by atoms with Crippen LogP contribution in [-0.4, -0.2) is 55.2 Å². The fraction of sp³-hybridized carbons (Fsp3) is 0.350. The van der Waals surface area contributed by atoms with Gasteiger partial charge < -0.3 is 19.5 Å². The van der Waals surface area contributed by atoms with Crippen LogP contribution in [0, 0.1) is 18.6 Å². The molecule has 0 atom stereocenters. The van der Waals surface area contributed by atoms with Crippen molar-refractivity contribution >= 4 is 16.7 Å². The van der Waals surface area contributed by atoms with Crippen LogP contribution in [0.15, 0.2) is 24.3 Å². The summed E-state index contributed by atoms with van der Waals surface area (Å²) in [6.45, 7) is 5.88. The topological polar surface area (TPSA) is 44.4 Å². The Morgan fingerprint density at radius 2 is 1.70 bits per heavy atom. The molecule has 4 rings (SSSR count). The van der Waals surface area contributed by atoms with Crippen LogP contribution in [-0.2, 0) is 0 Å². The molecule has 0 saturated carbocycles. The molecule has 0 bridgehead atoms. The van der Waals surface area contributed by atoms with E-state index in [4.69, 9.17) is 4.74 Å². The number of piperazine rings is 1. The highest BCUT2D eigenvalue weighted by atomic mass is 19.1. The Kier molecular flexibility index (Phi) is 4.47. The molecule has 0 aliphatic carbocycles. The quantitative estimate of drug-likeness (QED) is 0.763. The number of H-pyrrole nitrogens is 1. The normalized spacial score (nSPS) is 15.5. The zero-order valence-electron chi connectivity index (χ0n) is 15.6. The number of ether oxygens (including phenoxy) is 1. The van der Waals surface area contributed by atoms with Gasteiger partial charge in [-0.3, -0.25) is 0 Å². The molecule has 1 N–H and O–H groups in total. The molecule has 1 aromatic heterocycles. The Labute approximate surface area is 156 Å². The molecule has 1 aliphatic heterocycles. The van der Waals surface area contributed by atoms with E-state index in [0.29, 0.717) is 0 Å². The number of aromatic nitrogens is 2. The number of hydrogen-bond acceptors (Lipinski definition) is 4. The molecule has 27 heavy (non-hydrogen) atoms. The van der Waals surface area contributed by atoms with Gasteiger partial charge in [0, 0.05) is 44.0 Å². The molecule has 3 aromatic rings. The highest BCUT2D eigenvalue weighted by Crippen LogP contribution is 2.32. The van der Waals surface area contributed by atoms with Gasteiger partial charge in [-0.1, -0.05) is 0 Å². The van der Waals surface area contributed by atoms with Gasteiger partial charge in [0.1, 0.15) is 23.2 Å². The van der Waals surface area contributed by atoms with E-state index in [9.17, 15) is 8.78 Å². The van der Waals surface area contributed by atoms with Gasteiger partial charge in [-0.05, 0) is 31.7 Å². The van der Waals surface area contributed by atoms with Crippen molar-refractivity contribution in [2.45, 2.75) is 6.92 Å². The Morgan fingerprint density at radius 3 is 2.33 bits per heavy atom. The minimum atomic E-state index is -0.706. The molecule has 0 unspecified atom stereocenters. The number of halogens is 2. The van der Waals surface area contributed by atoms with Crippen molar-refractivity contribution in [2.24, 2.45) is 0 Å². The molecular weight excluding hydrogens is 350 g/mol. The monoisotopic (exact) mass is 372 g/mol. The summed E-state index contributed by atoms with van der Waals surface area (Å²) in [7, 11) is 3.49. The van der Waals surface area contributed by atoms with Crippen LogP contribution in [0.3, 0.4) is 0 Å². The maximum atomic E-state index is 14.4. The average Bonchev–Trinajstić information content (AvgIpc) is 3.05. The lowest BCUT2D eigenvalue weighted by Gasteiger charge is -2.34. The molecule has 1 fully saturated rings. The third-order valence-electron chi connectivity index (χ3n) is 5.12. The number of anilines is 1. The standard InChI is InChI=1S/C20H22F2N4O/c1-12-8-13(26-6-4-25(2)5-7-26)9-17-19(12)24-20(23-17)18-15(21)10-14(27-3)11-16(18)22/h8-11H,4-7H2,1-3H3,(H,23,24). The minimum absolute atomic E-state index is 0.137. The van der Waals surface area contributed by atoms with Crippen molar-refractivity contribution in [1.29, 1.82) is 0 Å². The summed E-state index contributed by atoms with van der Waals surface area (Å²) in [5, 5.41) is 0. The summed E-state index contributed by atoms with van der Waals surface area (Å²) in [6, 6.07) is 6.41. The summed E-state index contributed by atoms with van der Waals surface area (Å²) < 4.78 is 33.8. The minimum Gasteiger partial charge on any atom is -0.497 e. The Hall–Kier alpha value is -2.67. The van der Waals surface area contributed by atoms with E-state index in [-0.39, 0.29) is 17.1 Å². The summed E-state index contributed by atoms with van der Waals surface area (Å²) >= 11 is 0. The van der Waals surface area contributed by atoms with Crippen LogP contribution in [0.25, 0.3) is 22.4 Å². The van der Waals surface area contributed by atoms with Crippen LogP contribution >= 0.6 is 0 Å². The van der Waals surface area contributed by atoms with Crippen LogP contribution in [0.4, 0.5) is 14.5 Å². The molecule has 2 heterocycles.